The summed E-state index contributed by atoms with van der Waals surface area (Å²) in [4.78, 5) is 25.2. The second-order valence-corrected chi connectivity index (χ2v) is 6.33. The van der Waals surface area contributed by atoms with Gasteiger partial charge in [0.15, 0.2) is 0 Å². The summed E-state index contributed by atoms with van der Waals surface area (Å²) in [7, 11) is 0. The summed E-state index contributed by atoms with van der Waals surface area (Å²) < 4.78 is 13.3. The van der Waals surface area contributed by atoms with E-state index in [1.165, 1.54) is 12.1 Å². The number of hydrogen-bond acceptors (Lipinski definition) is 2. The maximum atomic E-state index is 13.3. The monoisotopic (exact) mass is 321 g/mol. The van der Waals surface area contributed by atoms with Crippen LogP contribution in [-0.4, -0.2) is 34.5 Å². The molecule has 0 radical (unpaired) electrons. The van der Waals surface area contributed by atoms with E-state index in [4.69, 9.17) is 5.11 Å². The van der Waals surface area contributed by atoms with Gasteiger partial charge in [-0.1, -0.05) is 19.1 Å². The minimum absolute atomic E-state index is 0.0204. The van der Waals surface area contributed by atoms with Crippen molar-refractivity contribution in [3.8, 4) is 0 Å². The summed E-state index contributed by atoms with van der Waals surface area (Å²) in [6.45, 7) is 2.61. The van der Waals surface area contributed by atoms with E-state index in [9.17, 15) is 14.0 Å². The number of carbonyl (C=O) groups is 2. The minimum atomic E-state index is -0.823. The first kappa shape index (κ1) is 17.4. The van der Waals surface area contributed by atoms with Crippen LogP contribution in [0.25, 0.3) is 0 Å². The van der Waals surface area contributed by atoms with E-state index in [-0.39, 0.29) is 30.1 Å². The van der Waals surface area contributed by atoms with E-state index < -0.39 is 5.97 Å². The normalized spacial score (nSPS) is 19.4. The molecule has 1 fully saturated rings. The molecular formula is C18H24FNO3. The fourth-order valence-electron chi connectivity index (χ4n) is 3.23. The highest BCUT2D eigenvalue weighted by atomic mass is 19.1. The zero-order valence-corrected chi connectivity index (χ0v) is 13.5. The van der Waals surface area contributed by atoms with E-state index in [2.05, 4.69) is 0 Å². The summed E-state index contributed by atoms with van der Waals surface area (Å²) in [5.74, 6) is -1.13. The van der Waals surface area contributed by atoms with Gasteiger partial charge in [-0.15, -0.1) is 0 Å². The molecule has 1 amide bonds. The van der Waals surface area contributed by atoms with Gasteiger partial charge in [-0.05, 0) is 49.3 Å². The van der Waals surface area contributed by atoms with Crippen molar-refractivity contribution in [2.75, 3.05) is 6.54 Å². The lowest BCUT2D eigenvalue weighted by Gasteiger charge is -2.36. The number of benzene rings is 1. The molecule has 1 aromatic carbocycles. The van der Waals surface area contributed by atoms with Gasteiger partial charge < -0.3 is 10.0 Å². The molecule has 2 atom stereocenters. The molecule has 0 unspecified atom stereocenters. The standard InChI is InChI=1S/C18H24FNO3/c1-13(14-5-4-6-15(19)12-14)11-17(21)20-10-3-2-7-16(20)8-9-18(22)23/h4-6,12-13,16H,2-3,7-11H2,1H3,(H,22,23)/t13-,16-/m1/s1. The van der Waals surface area contributed by atoms with E-state index >= 15 is 0 Å². The van der Waals surface area contributed by atoms with Gasteiger partial charge in [-0.25, -0.2) is 4.39 Å². The Kier molecular flexibility index (Phi) is 6.13. The lowest BCUT2D eigenvalue weighted by molar-refractivity contribution is -0.140. The van der Waals surface area contributed by atoms with Crippen molar-refractivity contribution in [1.29, 1.82) is 0 Å². The number of nitrogens with zero attached hydrogens (tertiary/aromatic N) is 1. The van der Waals surface area contributed by atoms with Crippen LogP contribution < -0.4 is 0 Å². The van der Waals surface area contributed by atoms with Crippen molar-refractivity contribution >= 4 is 11.9 Å². The topological polar surface area (TPSA) is 57.6 Å². The summed E-state index contributed by atoms with van der Waals surface area (Å²) in [5, 5.41) is 8.85. The third-order valence-electron chi connectivity index (χ3n) is 4.54. The van der Waals surface area contributed by atoms with Crippen LogP contribution in [0.2, 0.25) is 0 Å². The molecular weight excluding hydrogens is 297 g/mol. The van der Waals surface area contributed by atoms with Crippen LogP contribution in [-0.2, 0) is 9.59 Å². The number of piperidine rings is 1. The number of rotatable bonds is 6. The maximum absolute atomic E-state index is 13.3. The summed E-state index contributed by atoms with van der Waals surface area (Å²) in [6.07, 6.45) is 3.79. The van der Waals surface area contributed by atoms with Gasteiger partial charge in [-0.2, -0.15) is 0 Å². The average Bonchev–Trinajstić information content (AvgIpc) is 2.53. The molecule has 0 aliphatic carbocycles. The Morgan fingerprint density at radius 1 is 1.39 bits per heavy atom. The van der Waals surface area contributed by atoms with Crippen LogP contribution >= 0.6 is 0 Å². The van der Waals surface area contributed by atoms with Crippen molar-refractivity contribution in [3.05, 3.63) is 35.6 Å². The Bertz CT molecular complexity index is 561. The second-order valence-electron chi connectivity index (χ2n) is 6.33. The number of likely N-dealkylation sites (tertiary alicyclic amines) is 1. The van der Waals surface area contributed by atoms with Gasteiger partial charge >= 0.3 is 5.97 Å². The quantitative estimate of drug-likeness (QED) is 0.871. The van der Waals surface area contributed by atoms with Crippen molar-refractivity contribution in [3.63, 3.8) is 0 Å². The van der Waals surface area contributed by atoms with Crippen LogP contribution in [0.5, 0.6) is 0 Å². The molecule has 1 saturated heterocycles. The van der Waals surface area contributed by atoms with Gasteiger partial charge in [-0.3, -0.25) is 9.59 Å². The van der Waals surface area contributed by atoms with E-state index in [1.807, 2.05) is 17.9 Å². The second kappa shape index (κ2) is 8.09. The van der Waals surface area contributed by atoms with Gasteiger partial charge in [0.1, 0.15) is 5.82 Å². The lowest BCUT2D eigenvalue weighted by atomic mass is 9.94. The van der Waals surface area contributed by atoms with Crippen molar-refractivity contribution < 1.29 is 19.1 Å². The predicted molar refractivity (Wildman–Crippen MR) is 85.7 cm³/mol. The molecule has 1 heterocycles. The Morgan fingerprint density at radius 3 is 2.87 bits per heavy atom. The van der Waals surface area contributed by atoms with Crippen LogP contribution in [0.4, 0.5) is 4.39 Å². The Morgan fingerprint density at radius 2 is 2.17 bits per heavy atom. The van der Waals surface area contributed by atoms with Gasteiger partial charge in [0.05, 0.1) is 0 Å². The molecule has 0 aromatic heterocycles. The fraction of sp³-hybridized carbons (Fsp3) is 0.556. The van der Waals surface area contributed by atoms with Gasteiger partial charge in [0.25, 0.3) is 0 Å². The molecule has 1 aromatic rings. The van der Waals surface area contributed by atoms with E-state index in [0.29, 0.717) is 19.4 Å². The molecule has 0 spiro atoms. The highest BCUT2D eigenvalue weighted by Gasteiger charge is 2.28. The highest BCUT2D eigenvalue weighted by molar-refractivity contribution is 5.77. The number of halogens is 1. The average molecular weight is 321 g/mol. The molecule has 1 aliphatic rings. The molecule has 5 heteroatoms. The lowest BCUT2D eigenvalue weighted by Crippen LogP contribution is -2.44. The molecule has 1 aliphatic heterocycles. The predicted octanol–water partition coefficient (Wildman–Crippen LogP) is 3.57. The maximum Gasteiger partial charge on any atom is 0.303 e. The summed E-state index contributed by atoms with van der Waals surface area (Å²) in [5.41, 5.74) is 0.817. The first-order valence-corrected chi connectivity index (χ1v) is 8.24. The Labute approximate surface area is 136 Å². The highest BCUT2D eigenvalue weighted by Crippen LogP contribution is 2.26. The SMILES string of the molecule is C[C@H](CC(=O)N1CCCC[C@@H]1CCC(=O)O)c1cccc(F)c1. The van der Waals surface area contributed by atoms with Crippen LogP contribution in [0.15, 0.2) is 24.3 Å². The molecule has 23 heavy (non-hydrogen) atoms. The van der Waals surface area contributed by atoms with Crippen LogP contribution in [0.1, 0.15) is 56.9 Å². The van der Waals surface area contributed by atoms with Crippen molar-refractivity contribution in [2.45, 2.75) is 57.4 Å². The number of carboxylic acid groups (broad SMARTS) is 1. The van der Waals surface area contributed by atoms with Crippen molar-refractivity contribution in [2.24, 2.45) is 0 Å². The first-order valence-electron chi connectivity index (χ1n) is 8.24. The smallest absolute Gasteiger partial charge is 0.303 e. The first-order chi connectivity index (χ1) is 11.0. The van der Waals surface area contributed by atoms with Gasteiger partial charge in [0, 0.05) is 25.4 Å². The molecule has 2 rings (SSSR count). The third kappa shape index (κ3) is 5.05. The molecule has 126 valence electrons. The number of aliphatic carboxylic acids is 1. The van der Waals surface area contributed by atoms with Crippen LogP contribution in [0, 0.1) is 5.82 Å². The van der Waals surface area contributed by atoms with Crippen LogP contribution in [0.3, 0.4) is 0 Å². The molecule has 1 N–H and O–H groups in total. The molecule has 4 nitrogen and oxygen atoms in total. The van der Waals surface area contributed by atoms with E-state index in [0.717, 1.165) is 24.8 Å². The number of carbonyl (C=O) groups excluding carboxylic acids is 1. The van der Waals surface area contributed by atoms with Gasteiger partial charge in [0.2, 0.25) is 5.91 Å². The fourth-order valence-corrected chi connectivity index (χ4v) is 3.23. The molecule has 0 bridgehead atoms. The largest absolute Gasteiger partial charge is 0.481 e. The minimum Gasteiger partial charge on any atom is -0.481 e. The summed E-state index contributed by atoms with van der Waals surface area (Å²) in [6, 6.07) is 6.37. The Hall–Kier alpha value is -1.91. The van der Waals surface area contributed by atoms with E-state index in [1.54, 1.807) is 6.07 Å². The third-order valence-corrected chi connectivity index (χ3v) is 4.54. The number of amides is 1. The zero-order valence-electron chi connectivity index (χ0n) is 13.5. The number of carboxylic acids is 1. The summed E-state index contributed by atoms with van der Waals surface area (Å²) >= 11 is 0. The number of hydrogen-bond donors (Lipinski definition) is 1. The molecule has 0 saturated carbocycles. The van der Waals surface area contributed by atoms with Crippen molar-refractivity contribution in [1.82, 2.24) is 4.90 Å². The Balaban J connectivity index is 1.98. The zero-order chi connectivity index (χ0) is 16.8.